The summed E-state index contributed by atoms with van der Waals surface area (Å²) in [5.74, 6) is 0.497. The Morgan fingerprint density at radius 3 is 2.44 bits per heavy atom. The zero-order valence-corrected chi connectivity index (χ0v) is 10.9. The van der Waals surface area contributed by atoms with Gasteiger partial charge in [0.1, 0.15) is 11.8 Å². The van der Waals surface area contributed by atoms with Crippen LogP contribution in [-0.2, 0) is 4.79 Å². The number of thiophene rings is 1. The molecule has 0 unspecified atom stereocenters. The van der Waals surface area contributed by atoms with E-state index in [1.54, 1.807) is 23.5 Å². The summed E-state index contributed by atoms with van der Waals surface area (Å²) in [4.78, 5) is 12.4. The monoisotopic (exact) mass is 257 g/mol. The van der Waals surface area contributed by atoms with Crippen LogP contribution >= 0.6 is 11.3 Å². The number of aryl methyl sites for hydroxylation is 2. The Bertz CT molecular complexity index is 620. The van der Waals surface area contributed by atoms with Gasteiger partial charge in [0.2, 0.25) is 0 Å². The minimum atomic E-state index is 0.399. The van der Waals surface area contributed by atoms with Gasteiger partial charge in [-0.05, 0) is 31.5 Å². The van der Waals surface area contributed by atoms with Crippen LogP contribution in [0.3, 0.4) is 0 Å². The summed E-state index contributed by atoms with van der Waals surface area (Å²) in [5.41, 5.74) is 2.66. The van der Waals surface area contributed by atoms with Crippen LogP contribution in [0.15, 0.2) is 24.3 Å². The average Bonchev–Trinajstić information content (AvgIpc) is 2.65. The Morgan fingerprint density at radius 1 is 1.22 bits per heavy atom. The van der Waals surface area contributed by atoms with Gasteiger partial charge in [0, 0.05) is 15.3 Å². The zero-order valence-electron chi connectivity index (χ0n) is 10.1. The first-order valence-corrected chi connectivity index (χ1v) is 6.20. The molecule has 0 N–H and O–H groups in total. The first-order valence-electron chi connectivity index (χ1n) is 5.38. The Labute approximate surface area is 109 Å². The number of nitriles is 1. The normalized spacial score (nSPS) is 9.83. The highest BCUT2D eigenvalue weighted by molar-refractivity contribution is 7.12. The van der Waals surface area contributed by atoms with E-state index in [9.17, 15) is 10.1 Å². The first kappa shape index (κ1) is 12.3. The number of rotatable bonds is 3. The van der Waals surface area contributed by atoms with E-state index in [-0.39, 0.29) is 0 Å². The number of benzene rings is 1. The number of ether oxygens (including phenoxy) is 1. The van der Waals surface area contributed by atoms with Gasteiger partial charge in [-0.15, -0.1) is 11.3 Å². The summed E-state index contributed by atoms with van der Waals surface area (Å²) >= 11 is 1.62. The van der Waals surface area contributed by atoms with E-state index >= 15 is 0 Å². The van der Waals surface area contributed by atoms with E-state index in [0.717, 1.165) is 26.4 Å². The molecule has 0 aliphatic carbocycles. The quantitative estimate of drug-likeness (QED) is 0.791. The van der Waals surface area contributed by atoms with Crippen LogP contribution in [0.1, 0.15) is 15.3 Å². The SMILES string of the molecule is Cc1sc(C)c(-c2ccc(OC=O)cc2)c1C#N. The lowest BCUT2D eigenvalue weighted by Crippen LogP contribution is -1.88. The summed E-state index contributed by atoms with van der Waals surface area (Å²) in [6.45, 7) is 4.35. The molecule has 90 valence electrons. The van der Waals surface area contributed by atoms with E-state index in [4.69, 9.17) is 4.74 Å². The fourth-order valence-corrected chi connectivity index (χ4v) is 2.95. The van der Waals surface area contributed by atoms with Crippen LogP contribution in [0.5, 0.6) is 5.75 Å². The fourth-order valence-electron chi connectivity index (χ4n) is 1.92. The maximum Gasteiger partial charge on any atom is 0.298 e. The summed E-state index contributed by atoms with van der Waals surface area (Å²) in [5, 5.41) is 9.20. The van der Waals surface area contributed by atoms with Gasteiger partial charge in [0.15, 0.2) is 0 Å². The molecule has 1 aromatic heterocycles. The summed E-state index contributed by atoms with van der Waals surface area (Å²) < 4.78 is 4.75. The summed E-state index contributed by atoms with van der Waals surface area (Å²) in [6.07, 6.45) is 0. The lowest BCUT2D eigenvalue weighted by atomic mass is 10.0. The van der Waals surface area contributed by atoms with Crippen LogP contribution in [0.2, 0.25) is 0 Å². The van der Waals surface area contributed by atoms with Gasteiger partial charge in [-0.2, -0.15) is 5.26 Å². The highest BCUT2D eigenvalue weighted by atomic mass is 32.1. The first-order chi connectivity index (χ1) is 8.67. The molecule has 0 bridgehead atoms. The van der Waals surface area contributed by atoms with Crippen molar-refractivity contribution < 1.29 is 9.53 Å². The second-order valence-electron chi connectivity index (χ2n) is 3.81. The minimum absolute atomic E-state index is 0.399. The van der Waals surface area contributed by atoms with E-state index in [2.05, 4.69) is 6.07 Å². The molecule has 3 nitrogen and oxygen atoms in total. The van der Waals surface area contributed by atoms with Gasteiger partial charge < -0.3 is 4.74 Å². The van der Waals surface area contributed by atoms with Crippen molar-refractivity contribution in [3.05, 3.63) is 39.6 Å². The summed E-state index contributed by atoms with van der Waals surface area (Å²) in [6, 6.07) is 9.40. The van der Waals surface area contributed by atoms with Crippen molar-refractivity contribution in [1.82, 2.24) is 0 Å². The smallest absolute Gasteiger partial charge is 0.298 e. The third-order valence-electron chi connectivity index (χ3n) is 2.70. The van der Waals surface area contributed by atoms with Crippen molar-refractivity contribution in [2.75, 3.05) is 0 Å². The maximum atomic E-state index is 10.2. The number of hydrogen-bond acceptors (Lipinski definition) is 4. The molecule has 0 aliphatic heterocycles. The molecule has 18 heavy (non-hydrogen) atoms. The number of carbonyl (C=O) groups is 1. The molecule has 0 radical (unpaired) electrons. The molecule has 2 rings (SSSR count). The Balaban J connectivity index is 2.49. The third-order valence-corrected chi connectivity index (χ3v) is 3.72. The predicted molar refractivity (Wildman–Crippen MR) is 70.6 cm³/mol. The molecule has 1 heterocycles. The van der Waals surface area contributed by atoms with E-state index in [0.29, 0.717) is 12.2 Å². The average molecular weight is 257 g/mol. The topological polar surface area (TPSA) is 50.1 Å². The van der Waals surface area contributed by atoms with Gasteiger partial charge in [-0.1, -0.05) is 12.1 Å². The third kappa shape index (κ3) is 2.13. The van der Waals surface area contributed by atoms with Crippen LogP contribution in [-0.4, -0.2) is 6.47 Å². The van der Waals surface area contributed by atoms with Gasteiger partial charge >= 0.3 is 0 Å². The lowest BCUT2D eigenvalue weighted by Gasteiger charge is -2.03. The van der Waals surface area contributed by atoms with Gasteiger partial charge in [-0.3, -0.25) is 4.79 Å². The van der Waals surface area contributed by atoms with Crippen molar-refractivity contribution in [2.24, 2.45) is 0 Å². The van der Waals surface area contributed by atoms with Gasteiger partial charge in [-0.25, -0.2) is 0 Å². The standard InChI is InChI=1S/C14H11NO2S/c1-9-13(7-15)14(10(2)18-9)11-3-5-12(6-4-11)17-8-16/h3-6,8H,1-2H3. The Kier molecular flexibility index (Phi) is 3.45. The predicted octanol–water partition coefficient (Wildman–Crippen LogP) is 3.44. The minimum Gasteiger partial charge on any atom is -0.429 e. The van der Waals surface area contributed by atoms with E-state index in [1.165, 1.54) is 0 Å². The second kappa shape index (κ2) is 5.03. The molecule has 0 atom stereocenters. The second-order valence-corrected chi connectivity index (χ2v) is 5.24. The Morgan fingerprint density at radius 2 is 1.89 bits per heavy atom. The number of nitrogens with zero attached hydrogens (tertiary/aromatic N) is 1. The molecule has 0 fully saturated rings. The molecule has 0 amide bonds. The molecule has 4 heteroatoms. The fraction of sp³-hybridized carbons (Fsp3) is 0.143. The largest absolute Gasteiger partial charge is 0.429 e. The lowest BCUT2D eigenvalue weighted by molar-refractivity contribution is -0.120. The van der Waals surface area contributed by atoms with Crippen molar-refractivity contribution in [1.29, 1.82) is 5.26 Å². The highest BCUT2D eigenvalue weighted by Crippen LogP contribution is 2.35. The molecule has 0 saturated carbocycles. The van der Waals surface area contributed by atoms with Crippen molar-refractivity contribution in [2.45, 2.75) is 13.8 Å². The van der Waals surface area contributed by atoms with Crippen molar-refractivity contribution >= 4 is 17.8 Å². The van der Waals surface area contributed by atoms with Crippen LogP contribution < -0.4 is 4.74 Å². The van der Waals surface area contributed by atoms with Crippen LogP contribution in [0.25, 0.3) is 11.1 Å². The van der Waals surface area contributed by atoms with E-state index in [1.807, 2.05) is 26.0 Å². The van der Waals surface area contributed by atoms with Crippen molar-refractivity contribution in [3.63, 3.8) is 0 Å². The van der Waals surface area contributed by atoms with E-state index < -0.39 is 0 Å². The number of carbonyl (C=O) groups excluding carboxylic acids is 1. The van der Waals surface area contributed by atoms with Crippen molar-refractivity contribution in [3.8, 4) is 22.9 Å². The maximum absolute atomic E-state index is 10.2. The molecule has 2 aromatic rings. The molecular weight excluding hydrogens is 246 g/mol. The zero-order chi connectivity index (χ0) is 13.1. The Hall–Kier alpha value is -2.12. The van der Waals surface area contributed by atoms with Crippen LogP contribution in [0.4, 0.5) is 0 Å². The highest BCUT2D eigenvalue weighted by Gasteiger charge is 2.14. The molecule has 0 saturated heterocycles. The van der Waals surface area contributed by atoms with Crippen LogP contribution in [0, 0.1) is 25.2 Å². The summed E-state index contributed by atoms with van der Waals surface area (Å²) in [7, 11) is 0. The molecule has 1 aromatic carbocycles. The molecule has 0 spiro atoms. The van der Waals surface area contributed by atoms with Gasteiger partial charge in [0.05, 0.1) is 5.56 Å². The number of hydrogen-bond donors (Lipinski definition) is 0. The van der Waals surface area contributed by atoms with Gasteiger partial charge in [0.25, 0.3) is 6.47 Å². The molecule has 0 aliphatic rings. The molecular formula is C14H11NO2S.